The molecule has 1 heterocycles. The van der Waals surface area contributed by atoms with E-state index in [1.807, 2.05) is 0 Å². The molecule has 2 N–H and O–H groups in total. The zero-order valence-corrected chi connectivity index (χ0v) is 11.3. The lowest BCUT2D eigenvalue weighted by Crippen LogP contribution is -2.58. The third-order valence-corrected chi connectivity index (χ3v) is 5.58. The van der Waals surface area contributed by atoms with Crippen LogP contribution in [0.25, 0.3) is 0 Å². The third kappa shape index (κ3) is 1.82. The summed E-state index contributed by atoms with van der Waals surface area (Å²) in [5.41, 5.74) is 3.12. The Bertz CT molecular complexity index is 410. The molecule has 0 unspecified atom stereocenters. The topological polar surface area (TPSA) is 27.8 Å². The number of H-pyrrole nitrogens is 1. The van der Waals surface area contributed by atoms with E-state index >= 15 is 0 Å². The van der Waals surface area contributed by atoms with Gasteiger partial charge in [-0.2, -0.15) is 0 Å². The Kier molecular flexibility index (Phi) is 2.38. The summed E-state index contributed by atoms with van der Waals surface area (Å²) in [6, 6.07) is 4.40. The molecule has 1 aromatic rings. The van der Waals surface area contributed by atoms with Gasteiger partial charge in [-0.1, -0.05) is 0 Å². The summed E-state index contributed by atoms with van der Waals surface area (Å²) in [7, 11) is 0. The number of aromatic amines is 1. The quantitative estimate of drug-likeness (QED) is 0.838. The normalized spacial score (nSPS) is 41.5. The Morgan fingerprint density at radius 2 is 1.72 bits per heavy atom. The zero-order chi connectivity index (χ0) is 12.2. The highest BCUT2D eigenvalue weighted by molar-refractivity contribution is 5.13. The average Bonchev–Trinajstić information content (AvgIpc) is 2.71. The maximum absolute atomic E-state index is 3.93. The molecule has 4 fully saturated rings. The minimum absolute atomic E-state index is 0.494. The van der Waals surface area contributed by atoms with E-state index in [2.05, 4.69) is 29.4 Å². The van der Waals surface area contributed by atoms with Crippen LogP contribution in [-0.2, 0) is 6.54 Å². The van der Waals surface area contributed by atoms with E-state index < -0.39 is 0 Å². The third-order valence-electron chi connectivity index (χ3n) is 5.58. The van der Waals surface area contributed by atoms with Crippen LogP contribution in [-0.4, -0.2) is 10.5 Å². The van der Waals surface area contributed by atoms with Crippen molar-refractivity contribution >= 4 is 0 Å². The molecular weight excluding hydrogens is 220 g/mol. The van der Waals surface area contributed by atoms with Crippen molar-refractivity contribution in [2.45, 2.75) is 57.5 Å². The second-order valence-electron chi connectivity index (χ2n) is 7.22. The number of nitrogens with one attached hydrogen (secondary N) is 2. The van der Waals surface area contributed by atoms with Gasteiger partial charge in [-0.25, -0.2) is 0 Å². The Morgan fingerprint density at radius 3 is 2.22 bits per heavy atom. The smallest absolute Gasteiger partial charge is 0.0362 e. The molecule has 0 aliphatic heterocycles. The molecule has 98 valence electrons. The summed E-state index contributed by atoms with van der Waals surface area (Å²) in [6.07, 6.45) is 8.92. The molecule has 4 aliphatic carbocycles. The highest BCUT2D eigenvalue weighted by atomic mass is 15.0. The van der Waals surface area contributed by atoms with E-state index in [-0.39, 0.29) is 0 Å². The molecule has 4 saturated carbocycles. The Morgan fingerprint density at radius 1 is 1.11 bits per heavy atom. The van der Waals surface area contributed by atoms with Gasteiger partial charge in [0.2, 0.25) is 0 Å². The van der Waals surface area contributed by atoms with Crippen molar-refractivity contribution in [1.29, 1.82) is 0 Å². The number of hydrogen-bond donors (Lipinski definition) is 2. The number of aromatic nitrogens is 1. The minimum atomic E-state index is 0.494. The largest absolute Gasteiger partial charge is 0.361 e. The maximum atomic E-state index is 3.93. The highest BCUT2D eigenvalue weighted by Gasteiger charge is 2.50. The average molecular weight is 244 g/mol. The van der Waals surface area contributed by atoms with E-state index in [0.29, 0.717) is 5.54 Å². The van der Waals surface area contributed by atoms with E-state index in [0.717, 1.165) is 24.3 Å². The van der Waals surface area contributed by atoms with Gasteiger partial charge in [-0.05, 0) is 75.3 Å². The van der Waals surface area contributed by atoms with Crippen molar-refractivity contribution in [2.24, 2.45) is 17.8 Å². The minimum Gasteiger partial charge on any atom is -0.361 e. The molecule has 2 heteroatoms. The molecule has 1 aromatic heterocycles. The standard InChI is InChI=1S/C16H24N2/c1-11-2-3-15(18-11)10-17-16-7-12-4-13(8-16)6-14(5-12)9-16/h2-3,12-14,17-18H,4-10H2,1H3. The van der Waals surface area contributed by atoms with Gasteiger partial charge in [0.25, 0.3) is 0 Å². The summed E-state index contributed by atoms with van der Waals surface area (Å²) in [5, 5.41) is 3.93. The van der Waals surface area contributed by atoms with Crippen LogP contribution in [0, 0.1) is 24.7 Å². The molecular formula is C16H24N2. The van der Waals surface area contributed by atoms with Crippen LogP contribution in [0.5, 0.6) is 0 Å². The van der Waals surface area contributed by atoms with E-state index in [4.69, 9.17) is 0 Å². The lowest BCUT2D eigenvalue weighted by Gasteiger charge is -2.57. The van der Waals surface area contributed by atoms with Crippen LogP contribution in [0.4, 0.5) is 0 Å². The summed E-state index contributed by atoms with van der Waals surface area (Å²) in [5.74, 6) is 3.11. The van der Waals surface area contributed by atoms with Crippen LogP contribution >= 0.6 is 0 Å². The van der Waals surface area contributed by atoms with Crippen LogP contribution in [0.2, 0.25) is 0 Å². The van der Waals surface area contributed by atoms with Crippen molar-refractivity contribution in [2.75, 3.05) is 0 Å². The van der Waals surface area contributed by atoms with Gasteiger partial charge in [0, 0.05) is 23.5 Å². The van der Waals surface area contributed by atoms with Crippen LogP contribution in [0.15, 0.2) is 12.1 Å². The Hall–Kier alpha value is -0.760. The van der Waals surface area contributed by atoms with Crippen molar-refractivity contribution in [3.05, 3.63) is 23.5 Å². The molecule has 18 heavy (non-hydrogen) atoms. The van der Waals surface area contributed by atoms with Crippen molar-refractivity contribution < 1.29 is 0 Å². The predicted octanol–water partition coefficient (Wildman–Crippen LogP) is 3.38. The first-order valence-electron chi connectivity index (χ1n) is 7.60. The van der Waals surface area contributed by atoms with Crippen LogP contribution in [0.1, 0.15) is 49.9 Å². The summed E-state index contributed by atoms with van der Waals surface area (Å²) >= 11 is 0. The first-order valence-corrected chi connectivity index (χ1v) is 7.60. The fourth-order valence-corrected chi connectivity index (χ4v) is 5.28. The molecule has 0 aromatic carbocycles. The second kappa shape index (κ2) is 3.86. The van der Waals surface area contributed by atoms with Gasteiger partial charge >= 0.3 is 0 Å². The van der Waals surface area contributed by atoms with E-state index in [9.17, 15) is 0 Å². The fraction of sp³-hybridized carbons (Fsp3) is 0.750. The zero-order valence-electron chi connectivity index (χ0n) is 11.3. The van der Waals surface area contributed by atoms with Gasteiger partial charge in [0.05, 0.1) is 0 Å². The number of hydrogen-bond acceptors (Lipinski definition) is 1. The molecule has 2 nitrogen and oxygen atoms in total. The number of aryl methyl sites for hydroxylation is 1. The first-order chi connectivity index (χ1) is 8.71. The Balaban J connectivity index is 1.47. The Labute approximate surface area is 110 Å². The first kappa shape index (κ1) is 11.1. The highest BCUT2D eigenvalue weighted by Crippen LogP contribution is 2.55. The van der Waals surface area contributed by atoms with Gasteiger partial charge in [0.1, 0.15) is 0 Å². The van der Waals surface area contributed by atoms with E-state index in [1.165, 1.54) is 49.9 Å². The summed E-state index contributed by atoms with van der Waals surface area (Å²) in [4.78, 5) is 3.45. The molecule has 4 aliphatic rings. The summed E-state index contributed by atoms with van der Waals surface area (Å²) < 4.78 is 0. The lowest BCUT2D eigenvalue weighted by atomic mass is 9.53. The van der Waals surface area contributed by atoms with Gasteiger partial charge in [-0.3, -0.25) is 0 Å². The van der Waals surface area contributed by atoms with E-state index in [1.54, 1.807) is 0 Å². The van der Waals surface area contributed by atoms with Gasteiger partial charge in [0.15, 0.2) is 0 Å². The molecule has 0 radical (unpaired) electrons. The monoisotopic (exact) mass is 244 g/mol. The predicted molar refractivity (Wildman–Crippen MR) is 73.3 cm³/mol. The van der Waals surface area contributed by atoms with Gasteiger partial charge in [-0.15, -0.1) is 0 Å². The van der Waals surface area contributed by atoms with Gasteiger partial charge < -0.3 is 10.3 Å². The summed E-state index contributed by atoms with van der Waals surface area (Å²) in [6.45, 7) is 3.16. The van der Waals surface area contributed by atoms with Crippen LogP contribution in [0.3, 0.4) is 0 Å². The lowest BCUT2D eigenvalue weighted by molar-refractivity contribution is -0.0207. The molecule has 0 spiro atoms. The van der Waals surface area contributed by atoms with Crippen molar-refractivity contribution in [1.82, 2.24) is 10.3 Å². The van der Waals surface area contributed by atoms with Crippen molar-refractivity contribution in [3.63, 3.8) is 0 Å². The number of rotatable bonds is 3. The molecule has 0 amide bonds. The van der Waals surface area contributed by atoms with Crippen LogP contribution < -0.4 is 5.32 Å². The fourth-order valence-electron chi connectivity index (χ4n) is 5.28. The maximum Gasteiger partial charge on any atom is 0.0362 e. The molecule has 0 saturated heterocycles. The molecule has 5 rings (SSSR count). The SMILES string of the molecule is Cc1ccc(CNC23CC4CC(CC(C4)C2)C3)[nH]1. The van der Waals surface area contributed by atoms with Crippen molar-refractivity contribution in [3.8, 4) is 0 Å². The molecule has 4 bridgehead atoms. The second-order valence-corrected chi connectivity index (χ2v) is 7.22. The molecule has 0 atom stereocenters.